The Morgan fingerprint density at radius 2 is 1.58 bits per heavy atom. The van der Waals surface area contributed by atoms with Crippen molar-refractivity contribution in [1.82, 2.24) is 0 Å². The van der Waals surface area contributed by atoms with E-state index >= 15 is 0 Å². The standard InChI is InChI=1S/C21H36O3/c1-12(22)19-18(24)11-17-15-5-4-13-10-14(23)6-8-20(13,2)16(15)7-9-21(17,19)3/h12-19,22-24H,4-11H2,1-3H3/t12-,13+,14+,15+,16-,17-,18-,19-,20+,21+/m1/s1. The van der Waals surface area contributed by atoms with Crippen molar-refractivity contribution in [2.24, 2.45) is 40.4 Å². The van der Waals surface area contributed by atoms with Gasteiger partial charge in [-0.15, -0.1) is 0 Å². The van der Waals surface area contributed by atoms with Crippen molar-refractivity contribution in [1.29, 1.82) is 0 Å². The van der Waals surface area contributed by atoms with Crippen LogP contribution in [-0.2, 0) is 0 Å². The van der Waals surface area contributed by atoms with E-state index in [-0.39, 0.29) is 23.5 Å². The molecule has 24 heavy (non-hydrogen) atoms. The summed E-state index contributed by atoms with van der Waals surface area (Å²) >= 11 is 0. The Morgan fingerprint density at radius 1 is 0.875 bits per heavy atom. The summed E-state index contributed by atoms with van der Waals surface area (Å²) < 4.78 is 0. The zero-order valence-electron chi connectivity index (χ0n) is 15.6. The van der Waals surface area contributed by atoms with Gasteiger partial charge in [-0.1, -0.05) is 13.8 Å². The van der Waals surface area contributed by atoms with Crippen molar-refractivity contribution in [3.05, 3.63) is 0 Å². The predicted octanol–water partition coefficient (Wildman–Crippen LogP) is 3.36. The van der Waals surface area contributed by atoms with Crippen molar-refractivity contribution in [2.75, 3.05) is 0 Å². The second-order valence-electron chi connectivity index (χ2n) is 10.2. The summed E-state index contributed by atoms with van der Waals surface area (Å²) in [5.41, 5.74) is 0.490. The van der Waals surface area contributed by atoms with Gasteiger partial charge < -0.3 is 15.3 Å². The van der Waals surface area contributed by atoms with Crippen LogP contribution in [-0.4, -0.2) is 33.6 Å². The lowest BCUT2D eigenvalue weighted by molar-refractivity contribution is -0.133. The van der Waals surface area contributed by atoms with Gasteiger partial charge >= 0.3 is 0 Å². The maximum Gasteiger partial charge on any atom is 0.0601 e. The Kier molecular flexibility index (Phi) is 4.10. The van der Waals surface area contributed by atoms with E-state index in [9.17, 15) is 15.3 Å². The molecule has 0 aromatic carbocycles. The predicted molar refractivity (Wildman–Crippen MR) is 94.3 cm³/mol. The van der Waals surface area contributed by atoms with E-state index in [1.54, 1.807) is 0 Å². The van der Waals surface area contributed by atoms with Crippen LogP contribution in [0.1, 0.15) is 72.1 Å². The molecule has 0 heterocycles. The van der Waals surface area contributed by atoms with Gasteiger partial charge in [-0.25, -0.2) is 0 Å². The third kappa shape index (κ3) is 2.27. The van der Waals surface area contributed by atoms with E-state index in [2.05, 4.69) is 13.8 Å². The lowest BCUT2D eigenvalue weighted by Gasteiger charge is -2.61. The van der Waals surface area contributed by atoms with E-state index in [4.69, 9.17) is 0 Å². The molecule has 10 atom stereocenters. The number of rotatable bonds is 1. The maximum atomic E-state index is 10.7. The van der Waals surface area contributed by atoms with Gasteiger partial charge in [-0.3, -0.25) is 0 Å². The highest BCUT2D eigenvalue weighted by atomic mass is 16.3. The fourth-order valence-electron chi connectivity index (χ4n) is 8.16. The topological polar surface area (TPSA) is 60.7 Å². The Morgan fingerprint density at radius 3 is 2.29 bits per heavy atom. The number of hydrogen-bond acceptors (Lipinski definition) is 3. The van der Waals surface area contributed by atoms with Gasteiger partial charge in [0.2, 0.25) is 0 Å². The molecule has 4 saturated carbocycles. The highest BCUT2D eigenvalue weighted by molar-refractivity contribution is 5.11. The zero-order valence-corrected chi connectivity index (χ0v) is 15.6. The number of aliphatic hydroxyl groups excluding tert-OH is 3. The largest absolute Gasteiger partial charge is 0.393 e. The summed E-state index contributed by atoms with van der Waals surface area (Å²) in [4.78, 5) is 0. The molecule has 3 heteroatoms. The summed E-state index contributed by atoms with van der Waals surface area (Å²) in [7, 11) is 0. The van der Waals surface area contributed by atoms with E-state index in [0.29, 0.717) is 23.2 Å². The fourth-order valence-corrected chi connectivity index (χ4v) is 8.16. The molecular formula is C21H36O3. The highest BCUT2D eigenvalue weighted by Crippen LogP contribution is 2.67. The summed E-state index contributed by atoms with van der Waals surface area (Å²) in [5.74, 6) is 2.75. The number of aliphatic hydroxyl groups is 3. The SMILES string of the molecule is C[C@@H](O)[C@@H]1[C@H](O)C[C@@H]2[C@H]3CC[C@H]4C[C@@H](O)CC[C@]4(C)[C@@H]3CC[C@]12C. The average molecular weight is 337 g/mol. The van der Waals surface area contributed by atoms with Crippen molar-refractivity contribution >= 4 is 0 Å². The average Bonchev–Trinajstić information content (AvgIpc) is 2.78. The maximum absolute atomic E-state index is 10.7. The first-order chi connectivity index (χ1) is 11.3. The van der Waals surface area contributed by atoms with Crippen molar-refractivity contribution in [2.45, 2.75) is 90.4 Å². The normalized spacial score (nSPS) is 58.5. The van der Waals surface area contributed by atoms with Crippen LogP contribution in [0, 0.1) is 40.4 Å². The molecule has 138 valence electrons. The van der Waals surface area contributed by atoms with Crippen LogP contribution in [0.4, 0.5) is 0 Å². The Balaban J connectivity index is 1.63. The first kappa shape index (κ1) is 17.3. The Labute approximate surface area is 146 Å². The molecule has 4 aliphatic rings. The molecule has 0 aromatic rings. The summed E-state index contributed by atoms with van der Waals surface area (Å²) in [6, 6.07) is 0. The monoisotopic (exact) mass is 336 g/mol. The number of hydrogen-bond donors (Lipinski definition) is 3. The second-order valence-corrected chi connectivity index (χ2v) is 10.2. The summed E-state index contributed by atoms with van der Waals surface area (Å²) in [6.07, 6.45) is 8.10. The van der Waals surface area contributed by atoms with Crippen LogP contribution in [0.25, 0.3) is 0 Å². The van der Waals surface area contributed by atoms with Gasteiger partial charge in [0.25, 0.3) is 0 Å². The van der Waals surface area contributed by atoms with Crippen LogP contribution in [0.3, 0.4) is 0 Å². The van der Waals surface area contributed by atoms with Gasteiger partial charge in [0.1, 0.15) is 0 Å². The molecule has 0 aromatic heterocycles. The van der Waals surface area contributed by atoms with Crippen LogP contribution in [0.2, 0.25) is 0 Å². The van der Waals surface area contributed by atoms with Crippen molar-refractivity contribution in [3.63, 3.8) is 0 Å². The smallest absolute Gasteiger partial charge is 0.0601 e. The molecule has 0 aliphatic heterocycles. The van der Waals surface area contributed by atoms with Gasteiger partial charge in [0.05, 0.1) is 18.3 Å². The number of fused-ring (bicyclic) bond motifs is 5. The molecule has 0 bridgehead atoms. The minimum atomic E-state index is -0.414. The van der Waals surface area contributed by atoms with Crippen molar-refractivity contribution < 1.29 is 15.3 Å². The first-order valence-electron chi connectivity index (χ1n) is 10.3. The van der Waals surface area contributed by atoms with Crippen molar-refractivity contribution in [3.8, 4) is 0 Å². The molecule has 0 radical (unpaired) electrons. The summed E-state index contributed by atoms with van der Waals surface area (Å²) in [5, 5.41) is 31.1. The lowest BCUT2D eigenvalue weighted by Crippen LogP contribution is -2.54. The van der Waals surface area contributed by atoms with Gasteiger partial charge in [0, 0.05) is 5.92 Å². The third-order valence-corrected chi connectivity index (χ3v) is 9.27. The van der Waals surface area contributed by atoms with Gasteiger partial charge in [0.15, 0.2) is 0 Å². The molecular weight excluding hydrogens is 300 g/mol. The van der Waals surface area contributed by atoms with E-state index in [1.165, 1.54) is 25.7 Å². The fraction of sp³-hybridized carbons (Fsp3) is 1.00. The molecule has 3 nitrogen and oxygen atoms in total. The summed E-state index contributed by atoms with van der Waals surface area (Å²) in [6.45, 7) is 6.72. The van der Waals surface area contributed by atoms with E-state index in [0.717, 1.165) is 31.6 Å². The first-order valence-corrected chi connectivity index (χ1v) is 10.3. The molecule has 0 saturated heterocycles. The quantitative estimate of drug-likeness (QED) is 0.688. The third-order valence-electron chi connectivity index (χ3n) is 9.27. The molecule has 0 spiro atoms. The minimum absolute atomic E-state index is 0.0437. The van der Waals surface area contributed by atoms with E-state index < -0.39 is 6.10 Å². The minimum Gasteiger partial charge on any atom is -0.393 e. The molecule has 4 aliphatic carbocycles. The lowest BCUT2D eigenvalue weighted by atomic mass is 9.44. The second kappa shape index (κ2) is 5.69. The van der Waals surface area contributed by atoms with Crippen LogP contribution in [0.5, 0.6) is 0 Å². The highest BCUT2D eigenvalue weighted by Gasteiger charge is 2.62. The molecule has 4 fully saturated rings. The Bertz CT molecular complexity index is 491. The molecule has 3 N–H and O–H groups in total. The molecule has 4 rings (SSSR count). The zero-order chi connectivity index (χ0) is 17.3. The van der Waals surface area contributed by atoms with Crippen LogP contribution >= 0.6 is 0 Å². The molecule has 0 amide bonds. The van der Waals surface area contributed by atoms with E-state index in [1.807, 2.05) is 6.92 Å². The molecule has 0 unspecified atom stereocenters. The van der Waals surface area contributed by atoms with Gasteiger partial charge in [-0.2, -0.15) is 0 Å². The van der Waals surface area contributed by atoms with Crippen LogP contribution in [0.15, 0.2) is 0 Å². The van der Waals surface area contributed by atoms with Gasteiger partial charge in [-0.05, 0) is 92.8 Å². The Hall–Kier alpha value is -0.120. The van der Waals surface area contributed by atoms with Crippen LogP contribution < -0.4 is 0 Å².